The number of hydrogen-bond donors (Lipinski definition) is 1. The summed E-state index contributed by atoms with van der Waals surface area (Å²) in [6.07, 6.45) is 3.27. The summed E-state index contributed by atoms with van der Waals surface area (Å²) in [5, 5.41) is 6.62. The molecule has 1 unspecified atom stereocenters. The van der Waals surface area contributed by atoms with Gasteiger partial charge in [0.15, 0.2) is 0 Å². The van der Waals surface area contributed by atoms with Crippen molar-refractivity contribution in [1.82, 2.24) is 20.0 Å². The number of carbonyl (C=O) groups excluding carboxylic acids is 2. The smallest absolute Gasteiger partial charge is 0.393 e. The summed E-state index contributed by atoms with van der Waals surface area (Å²) in [4.78, 5) is 37.2. The first-order chi connectivity index (χ1) is 10.7. The first-order valence-corrected chi connectivity index (χ1v) is 7.55. The Morgan fingerprint density at radius 2 is 2.00 bits per heavy atom. The second kappa shape index (κ2) is 6.39. The van der Waals surface area contributed by atoms with Gasteiger partial charge in [0.1, 0.15) is 5.54 Å². The molecule has 1 fully saturated rings. The van der Waals surface area contributed by atoms with Crippen LogP contribution in [0.3, 0.4) is 0 Å². The van der Waals surface area contributed by atoms with Crippen LogP contribution in [0.25, 0.3) is 0 Å². The number of nitrogens with zero attached hydrogens (tertiary/aromatic N) is 3. The van der Waals surface area contributed by atoms with Crippen LogP contribution >= 0.6 is 0 Å². The Morgan fingerprint density at radius 1 is 1.30 bits per heavy atom. The van der Waals surface area contributed by atoms with Crippen molar-refractivity contribution in [1.29, 1.82) is 0 Å². The van der Waals surface area contributed by atoms with Crippen LogP contribution in [0, 0.1) is 6.92 Å². The summed E-state index contributed by atoms with van der Waals surface area (Å²) in [5.41, 5.74) is 0.260. The van der Waals surface area contributed by atoms with Gasteiger partial charge in [0.25, 0.3) is 5.91 Å². The van der Waals surface area contributed by atoms with Crippen molar-refractivity contribution in [3.8, 4) is 0 Å². The minimum atomic E-state index is -0.909. The molecule has 0 aromatic carbocycles. The van der Waals surface area contributed by atoms with Gasteiger partial charge in [-0.2, -0.15) is 4.68 Å². The highest BCUT2D eigenvalue weighted by Gasteiger charge is 2.46. The van der Waals surface area contributed by atoms with Crippen LogP contribution in [0.2, 0.25) is 0 Å². The minimum absolute atomic E-state index is 0.0782. The van der Waals surface area contributed by atoms with Crippen molar-refractivity contribution >= 4 is 11.9 Å². The van der Waals surface area contributed by atoms with Gasteiger partial charge in [-0.1, -0.05) is 11.6 Å². The molecular formula is C15H22N4O4. The molecule has 1 aromatic heterocycles. The average Bonchev–Trinajstić information content (AvgIpc) is 2.85. The van der Waals surface area contributed by atoms with E-state index < -0.39 is 17.3 Å². The van der Waals surface area contributed by atoms with Crippen LogP contribution in [0.15, 0.2) is 20.9 Å². The number of hydrogen-bond acceptors (Lipinski definition) is 5. The molecule has 0 aliphatic carbocycles. The third kappa shape index (κ3) is 3.69. The molecule has 1 aromatic rings. The Balaban J connectivity index is 2.02. The standard InChI is InChI=1S/C15H22N4O4/c1-10(2)6-5-7-15(4)12(20)18(13(21)16-15)8-9-19-14(22)23-11(3)17-19/h6H,5,7-9H2,1-4H3,(H,16,21). The van der Waals surface area contributed by atoms with Crippen molar-refractivity contribution in [2.75, 3.05) is 6.54 Å². The molecule has 3 amide bonds. The lowest BCUT2D eigenvalue weighted by Gasteiger charge is -2.20. The maximum absolute atomic E-state index is 12.5. The highest BCUT2D eigenvalue weighted by Crippen LogP contribution is 2.23. The largest absolute Gasteiger partial charge is 0.437 e. The highest BCUT2D eigenvalue weighted by atomic mass is 16.4. The number of rotatable bonds is 6. The molecule has 1 N–H and O–H groups in total. The minimum Gasteiger partial charge on any atom is -0.393 e. The van der Waals surface area contributed by atoms with Gasteiger partial charge in [-0.15, -0.1) is 5.10 Å². The van der Waals surface area contributed by atoms with Crippen molar-refractivity contribution in [2.24, 2.45) is 0 Å². The number of nitrogens with one attached hydrogen (secondary N) is 1. The molecule has 0 spiro atoms. The van der Waals surface area contributed by atoms with Gasteiger partial charge in [-0.05, 0) is 33.6 Å². The van der Waals surface area contributed by atoms with Gasteiger partial charge in [0.2, 0.25) is 5.89 Å². The number of amides is 3. The van der Waals surface area contributed by atoms with E-state index in [1.165, 1.54) is 5.57 Å². The summed E-state index contributed by atoms with van der Waals surface area (Å²) >= 11 is 0. The fraction of sp³-hybridized carbons (Fsp3) is 0.600. The molecule has 0 saturated carbocycles. The predicted molar refractivity (Wildman–Crippen MR) is 82.8 cm³/mol. The number of allylic oxidation sites excluding steroid dienone is 2. The fourth-order valence-corrected chi connectivity index (χ4v) is 2.52. The van der Waals surface area contributed by atoms with E-state index in [2.05, 4.69) is 10.4 Å². The normalized spacial score (nSPS) is 20.8. The molecule has 23 heavy (non-hydrogen) atoms. The zero-order valence-electron chi connectivity index (χ0n) is 13.9. The average molecular weight is 322 g/mol. The molecule has 0 radical (unpaired) electrons. The van der Waals surface area contributed by atoms with Crippen molar-refractivity contribution in [2.45, 2.75) is 52.6 Å². The van der Waals surface area contributed by atoms with Crippen molar-refractivity contribution < 1.29 is 14.0 Å². The summed E-state index contributed by atoms with van der Waals surface area (Å²) in [6, 6.07) is -0.442. The molecule has 1 aliphatic heterocycles. The molecule has 8 heteroatoms. The molecule has 2 heterocycles. The van der Waals surface area contributed by atoms with Crippen LogP contribution in [0.5, 0.6) is 0 Å². The second-order valence-electron chi connectivity index (χ2n) is 6.15. The van der Waals surface area contributed by atoms with E-state index in [1.807, 2.05) is 19.9 Å². The maximum Gasteiger partial charge on any atom is 0.437 e. The lowest BCUT2D eigenvalue weighted by atomic mass is 9.95. The number of carbonyl (C=O) groups is 2. The van der Waals surface area contributed by atoms with E-state index in [-0.39, 0.29) is 24.9 Å². The van der Waals surface area contributed by atoms with E-state index in [0.29, 0.717) is 12.8 Å². The second-order valence-corrected chi connectivity index (χ2v) is 6.15. The number of imide groups is 1. The Morgan fingerprint density at radius 3 is 2.57 bits per heavy atom. The fourth-order valence-electron chi connectivity index (χ4n) is 2.52. The van der Waals surface area contributed by atoms with Gasteiger partial charge in [0, 0.05) is 6.92 Å². The molecule has 1 saturated heterocycles. The molecule has 0 bridgehead atoms. The van der Waals surface area contributed by atoms with E-state index in [4.69, 9.17) is 4.42 Å². The van der Waals surface area contributed by atoms with Crippen LogP contribution in [-0.2, 0) is 11.3 Å². The zero-order chi connectivity index (χ0) is 17.2. The molecule has 1 aliphatic rings. The number of urea groups is 1. The van der Waals surface area contributed by atoms with Gasteiger partial charge >= 0.3 is 11.8 Å². The highest BCUT2D eigenvalue weighted by molar-refractivity contribution is 6.06. The first kappa shape index (κ1) is 17.0. The predicted octanol–water partition coefficient (Wildman–Crippen LogP) is 1.20. The van der Waals surface area contributed by atoms with E-state index in [9.17, 15) is 14.4 Å². The zero-order valence-corrected chi connectivity index (χ0v) is 13.9. The third-order valence-corrected chi connectivity index (χ3v) is 3.78. The van der Waals surface area contributed by atoms with Crippen molar-refractivity contribution in [3.05, 3.63) is 28.1 Å². The lowest BCUT2D eigenvalue weighted by Crippen LogP contribution is -2.44. The third-order valence-electron chi connectivity index (χ3n) is 3.78. The molecule has 8 nitrogen and oxygen atoms in total. The Labute approximate surface area is 134 Å². The van der Waals surface area contributed by atoms with Gasteiger partial charge in [-0.3, -0.25) is 9.69 Å². The lowest BCUT2D eigenvalue weighted by molar-refractivity contribution is -0.131. The maximum atomic E-state index is 12.5. The van der Waals surface area contributed by atoms with Crippen LogP contribution in [0.4, 0.5) is 4.79 Å². The molecule has 1 atom stereocenters. The first-order valence-electron chi connectivity index (χ1n) is 7.55. The Kier molecular flexibility index (Phi) is 4.72. The van der Waals surface area contributed by atoms with Gasteiger partial charge in [-0.25, -0.2) is 9.59 Å². The SMILES string of the molecule is CC(C)=CCCC1(C)NC(=O)N(CCn2nc(C)oc2=O)C1=O. The van der Waals surface area contributed by atoms with E-state index in [0.717, 1.165) is 9.58 Å². The summed E-state index contributed by atoms with van der Waals surface area (Å²) in [5.74, 6) is -0.627. The van der Waals surface area contributed by atoms with Gasteiger partial charge in [0.05, 0.1) is 13.1 Å². The van der Waals surface area contributed by atoms with E-state index in [1.54, 1.807) is 13.8 Å². The molecular weight excluding hydrogens is 300 g/mol. The Bertz CT molecular complexity index is 699. The number of aromatic nitrogens is 2. The van der Waals surface area contributed by atoms with Crippen LogP contribution in [0.1, 0.15) is 39.5 Å². The summed E-state index contributed by atoms with van der Waals surface area (Å²) in [6.45, 7) is 7.45. The number of aryl methyl sites for hydroxylation is 1. The molecule has 126 valence electrons. The Hall–Kier alpha value is -2.38. The van der Waals surface area contributed by atoms with Crippen LogP contribution < -0.4 is 11.1 Å². The molecule has 2 rings (SSSR count). The summed E-state index contributed by atoms with van der Waals surface area (Å²) in [7, 11) is 0. The van der Waals surface area contributed by atoms with Crippen molar-refractivity contribution in [3.63, 3.8) is 0 Å². The van der Waals surface area contributed by atoms with Gasteiger partial charge < -0.3 is 9.73 Å². The van der Waals surface area contributed by atoms with Crippen LogP contribution in [-0.4, -0.2) is 38.7 Å². The topological polar surface area (TPSA) is 97.4 Å². The quantitative estimate of drug-likeness (QED) is 0.627. The monoisotopic (exact) mass is 322 g/mol. The van der Waals surface area contributed by atoms with E-state index >= 15 is 0 Å². The summed E-state index contributed by atoms with van der Waals surface area (Å²) < 4.78 is 5.89.